The molecule has 2 fully saturated rings. The zero-order valence-electron chi connectivity index (χ0n) is 11.3. The fourth-order valence-electron chi connectivity index (χ4n) is 3.52. The van der Waals surface area contributed by atoms with Crippen LogP contribution in [0.5, 0.6) is 0 Å². The third-order valence-corrected chi connectivity index (χ3v) is 6.80. The van der Waals surface area contributed by atoms with Crippen molar-refractivity contribution in [2.45, 2.75) is 48.2 Å². The van der Waals surface area contributed by atoms with Crippen LogP contribution in [0.4, 0.5) is 13.2 Å². The van der Waals surface area contributed by atoms with E-state index in [1.54, 1.807) is 6.92 Å². The van der Waals surface area contributed by atoms with Crippen molar-refractivity contribution in [3.05, 3.63) is 11.8 Å². The molecule has 22 heavy (non-hydrogen) atoms. The lowest BCUT2D eigenvalue weighted by Crippen LogP contribution is -2.54. The predicted octanol–water partition coefficient (Wildman–Crippen LogP) is 2.41. The summed E-state index contributed by atoms with van der Waals surface area (Å²) in [5.74, 6) is -0.419. The number of carbonyl (C=O) groups is 1. The number of hydrogen-bond acceptors (Lipinski definition) is 5. The summed E-state index contributed by atoms with van der Waals surface area (Å²) < 4.78 is 70.3. The molecular weight excluding hydrogens is 393 g/mol. The molecule has 0 radical (unpaired) electrons. The van der Waals surface area contributed by atoms with Crippen molar-refractivity contribution in [3.63, 3.8) is 0 Å². The summed E-state index contributed by atoms with van der Waals surface area (Å²) in [6.07, 6.45) is 0.925. The second kappa shape index (κ2) is 4.47. The SMILES string of the molecule is C[C@]12C[C@H]3O[C@@]1(CC3=O)[C@H](Br)CC=C2OS(=O)(=O)C(F)(F)F. The van der Waals surface area contributed by atoms with Crippen LogP contribution in [0.25, 0.3) is 0 Å². The van der Waals surface area contributed by atoms with Gasteiger partial charge in [-0.1, -0.05) is 15.9 Å². The second-order valence-corrected chi connectivity index (χ2v) is 8.57. The predicted molar refractivity (Wildman–Crippen MR) is 71.4 cm³/mol. The van der Waals surface area contributed by atoms with Gasteiger partial charge >= 0.3 is 15.6 Å². The van der Waals surface area contributed by atoms with E-state index in [0.717, 1.165) is 0 Å². The number of hydrogen-bond donors (Lipinski definition) is 0. The van der Waals surface area contributed by atoms with E-state index in [2.05, 4.69) is 20.1 Å². The molecule has 0 N–H and O–H groups in total. The van der Waals surface area contributed by atoms with Crippen molar-refractivity contribution in [1.82, 2.24) is 0 Å². The average Bonchev–Trinajstić information content (AvgIpc) is 2.84. The van der Waals surface area contributed by atoms with Crippen LogP contribution in [0.3, 0.4) is 0 Å². The number of halogens is 4. The zero-order valence-corrected chi connectivity index (χ0v) is 13.7. The van der Waals surface area contributed by atoms with E-state index < -0.39 is 32.7 Å². The molecule has 3 aliphatic rings. The number of ketones is 1. The molecule has 2 saturated heterocycles. The van der Waals surface area contributed by atoms with Crippen molar-refractivity contribution in [1.29, 1.82) is 0 Å². The van der Waals surface area contributed by atoms with Crippen LogP contribution >= 0.6 is 15.9 Å². The van der Waals surface area contributed by atoms with Gasteiger partial charge in [-0.25, -0.2) is 0 Å². The van der Waals surface area contributed by atoms with Gasteiger partial charge in [-0.15, -0.1) is 0 Å². The first kappa shape index (κ1) is 16.3. The molecule has 0 unspecified atom stereocenters. The largest absolute Gasteiger partial charge is 0.534 e. The van der Waals surface area contributed by atoms with E-state index in [0.29, 0.717) is 0 Å². The third-order valence-electron chi connectivity index (χ3n) is 4.72. The van der Waals surface area contributed by atoms with Crippen molar-refractivity contribution in [2.24, 2.45) is 5.41 Å². The Labute approximate surface area is 133 Å². The molecule has 0 amide bonds. The number of rotatable bonds is 2. The quantitative estimate of drug-likeness (QED) is 0.401. The van der Waals surface area contributed by atoms with Gasteiger partial charge in [0.2, 0.25) is 0 Å². The summed E-state index contributed by atoms with van der Waals surface area (Å²) in [4.78, 5) is 11.5. The van der Waals surface area contributed by atoms with Gasteiger partial charge in [0.25, 0.3) is 0 Å². The highest BCUT2D eigenvalue weighted by Gasteiger charge is 2.70. The highest BCUT2D eigenvalue weighted by atomic mass is 79.9. The van der Waals surface area contributed by atoms with E-state index in [-0.39, 0.29) is 35.6 Å². The number of ether oxygens (including phenoxy) is 1. The van der Waals surface area contributed by atoms with E-state index in [4.69, 9.17) is 4.74 Å². The zero-order chi connectivity index (χ0) is 16.6. The van der Waals surface area contributed by atoms with Gasteiger partial charge in [0, 0.05) is 11.2 Å². The molecule has 0 aromatic carbocycles. The van der Waals surface area contributed by atoms with E-state index in [1.165, 1.54) is 6.08 Å². The summed E-state index contributed by atoms with van der Waals surface area (Å²) in [5, 5.41) is 0. The van der Waals surface area contributed by atoms with Crippen molar-refractivity contribution in [3.8, 4) is 0 Å². The van der Waals surface area contributed by atoms with Crippen LogP contribution in [-0.4, -0.2) is 36.2 Å². The third kappa shape index (κ3) is 1.92. The van der Waals surface area contributed by atoms with Gasteiger partial charge in [0.15, 0.2) is 5.78 Å². The Bertz CT molecular complexity index is 673. The number of carbonyl (C=O) groups excluding carboxylic acids is 1. The first-order valence-corrected chi connectivity index (χ1v) is 8.81. The number of Topliss-reactive ketones (excluding diaryl/α,β-unsaturated/α-hetero) is 1. The fourth-order valence-corrected chi connectivity index (χ4v) is 5.06. The van der Waals surface area contributed by atoms with Crippen LogP contribution in [0.1, 0.15) is 26.2 Å². The lowest BCUT2D eigenvalue weighted by molar-refractivity contribution is -0.122. The molecule has 1 aliphatic carbocycles. The highest BCUT2D eigenvalue weighted by Crippen LogP contribution is 2.63. The maximum absolute atomic E-state index is 12.5. The topological polar surface area (TPSA) is 69.7 Å². The van der Waals surface area contributed by atoms with E-state index in [9.17, 15) is 26.4 Å². The van der Waals surface area contributed by atoms with Crippen molar-refractivity contribution in [2.75, 3.05) is 0 Å². The summed E-state index contributed by atoms with van der Waals surface area (Å²) in [6.45, 7) is 1.57. The van der Waals surface area contributed by atoms with Gasteiger partial charge < -0.3 is 8.92 Å². The molecule has 3 rings (SSSR count). The first-order valence-electron chi connectivity index (χ1n) is 6.49. The molecule has 0 saturated carbocycles. The Morgan fingerprint density at radius 2 is 2.09 bits per heavy atom. The molecular formula is C12H12BrF3O5S. The van der Waals surface area contributed by atoms with Gasteiger partial charge in [-0.05, 0) is 25.8 Å². The number of fused-ring (bicyclic) bond motifs is 1. The van der Waals surface area contributed by atoms with Gasteiger partial charge in [0.1, 0.15) is 17.5 Å². The number of allylic oxidation sites excluding steroid dienone is 1. The first-order chi connectivity index (χ1) is 9.93. The Morgan fingerprint density at radius 1 is 1.45 bits per heavy atom. The Balaban J connectivity index is 2.00. The van der Waals surface area contributed by atoms with E-state index >= 15 is 0 Å². The molecule has 1 spiro atoms. The second-order valence-electron chi connectivity index (χ2n) is 5.93. The smallest absolute Gasteiger partial charge is 0.380 e. The normalized spacial score (nSPS) is 41.3. The van der Waals surface area contributed by atoms with Crippen molar-refractivity contribution < 1.29 is 35.3 Å². The molecule has 2 aliphatic heterocycles. The minimum Gasteiger partial charge on any atom is -0.380 e. The number of alkyl halides is 4. The summed E-state index contributed by atoms with van der Waals surface area (Å²) in [5.41, 5.74) is -7.67. The summed E-state index contributed by atoms with van der Waals surface area (Å²) in [6, 6.07) is 0. The maximum Gasteiger partial charge on any atom is 0.534 e. The van der Waals surface area contributed by atoms with Crippen LogP contribution in [0.15, 0.2) is 11.8 Å². The Kier molecular flexibility index (Phi) is 3.31. The van der Waals surface area contributed by atoms with Crippen LogP contribution in [-0.2, 0) is 23.8 Å². The average molecular weight is 405 g/mol. The van der Waals surface area contributed by atoms with Gasteiger partial charge in [-0.2, -0.15) is 21.6 Å². The lowest BCUT2D eigenvalue weighted by Gasteiger charge is -2.47. The minimum absolute atomic E-state index is 0.0247. The van der Waals surface area contributed by atoms with Crippen LogP contribution in [0, 0.1) is 5.41 Å². The molecule has 2 bridgehead atoms. The standard InChI is InChI=1S/C12H12BrF3O5S/c1-10-5-7-6(17)4-11(10,20-7)8(13)2-3-9(10)21-22(18,19)12(14,15)16/h3,7-8H,2,4-5H2,1H3/t7-,8-,10-,11+/m1/s1. The molecule has 0 aromatic rings. The summed E-state index contributed by atoms with van der Waals surface area (Å²) in [7, 11) is -5.75. The van der Waals surface area contributed by atoms with Gasteiger partial charge in [0.05, 0.1) is 5.41 Å². The maximum atomic E-state index is 12.5. The van der Waals surface area contributed by atoms with Crippen LogP contribution in [0.2, 0.25) is 0 Å². The molecule has 2 heterocycles. The Hall–Kier alpha value is -0.610. The van der Waals surface area contributed by atoms with Crippen LogP contribution < -0.4 is 0 Å². The van der Waals surface area contributed by atoms with E-state index in [1.807, 2.05) is 0 Å². The molecule has 124 valence electrons. The fraction of sp³-hybridized carbons (Fsp3) is 0.750. The summed E-state index contributed by atoms with van der Waals surface area (Å²) >= 11 is 3.40. The monoisotopic (exact) mass is 404 g/mol. The molecule has 0 aromatic heterocycles. The highest BCUT2D eigenvalue weighted by molar-refractivity contribution is 9.09. The molecule has 4 atom stereocenters. The molecule has 5 nitrogen and oxygen atoms in total. The molecule has 10 heteroatoms. The minimum atomic E-state index is -5.75. The lowest BCUT2D eigenvalue weighted by atomic mass is 9.61. The van der Waals surface area contributed by atoms with Crippen molar-refractivity contribution >= 4 is 31.8 Å². The van der Waals surface area contributed by atoms with Gasteiger partial charge in [-0.3, -0.25) is 4.79 Å². The Morgan fingerprint density at radius 3 is 2.64 bits per heavy atom.